The van der Waals surface area contributed by atoms with Gasteiger partial charge >= 0.3 is 5.69 Å². The van der Waals surface area contributed by atoms with Crippen LogP contribution in [0, 0.1) is 0 Å². The van der Waals surface area contributed by atoms with Gasteiger partial charge in [0.25, 0.3) is 5.56 Å². The van der Waals surface area contributed by atoms with Crippen LogP contribution in [0.15, 0.2) is 27.8 Å². The first kappa shape index (κ1) is 19.4. The van der Waals surface area contributed by atoms with E-state index in [1.807, 2.05) is 6.92 Å². The third-order valence-electron chi connectivity index (χ3n) is 4.34. The molecule has 0 saturated carbocycles. The standard InChI is InChI=1S/C19H21FN4O4/c1-4-23-17-16(18(25)24(5-2)19(23)26)21-15(22-17)9-7-12-6-8-13(27-3)14(10-12)28-11-20/h6-10H,4-5,11H2,1-3H3,(H,21,22). The van der Waals surface area contributed by atoms with E-state index >= 15 is 0 Å². The first-order valence-corrected chi connectivity index (χ1v) is 8.82. The number of benzene rings is 1. The van der Waals surface area contributed by atoms with E-state index in [0.29, 0.717) is 23.8 Å². The number of aromatic nitrogens is 4. The molecule has 1 N–H and O–H groups in total. The fraction of sp³-hybridized carbons (Fsp3) is 0.316. The van der Waals surface area contributed by atoms with Gasteiger partial charge in [-0.05, 0) is 37.6 Å². The van der Waals surface area contributed by atoms with Gasteiger partial charge in [-0.1, -0.05) is 12.1 Å². The monoisotopic (exact) mass is 388 g/mol. The number of H-pyrrole nitrogens is 1. The van der Waals surface area contributed by atoms with Gasteiger partial charge in [0.2, 0.25) is 6.86 Å². The number of aromatic amines is 1. The molecular weight excluding hydrogens is 367 g/mol. The Morgan fingerprint density at radius 1 is 1.14 bits per heavy atom. The highest BCUT2D eigenvalue weighted by Crippen LogP contribution is 2.28. The second-order valence-electron chi connectivity index (χ2n) is 5.89. The molecule has 0 amide bonds. The number of halogens is 1. The number of nitrogens with one attached hydrogen (secondary N) is 1. The number of imidazole rings is 1. The van der Waals surface area contributed by atoms with Crippen LogP contribution in [0.2, 0.25) is 0 Å². The predicted molar refractivity (Wildman–Crippen MR) is 104 cm³/mol. The summed E-state index contributed by atoms with van der Waals surface area (Å²) in [5.41, 5.74) is 0.538. The zero-order valence-electron chi connectivity index (χ0n) is 15.9. The van der Waals surface area contributed by atoms with Crippen molar-refractivity contribution < 1.29 is 13.9 Å². The average molecular weight is 388 g/mol. The van der Waals surface area contributed by atoms with Crippen LogP contribution in [-0.2, 0) is 13.1 Å². The number of nitrogens with zero attached hydrogens (tertiary/aromatic N) is 3. The zero-order valence-corrected chi connectivity index (χ0v) is 15.9. The topological polar surface area (TPSA) is 91.1 Å². The number of hydrogen-bond acceptors (Lipinski definition) is 5. The molecule has 0 bridgehead atoms. The number of aryl methyl sites for hydroxylation is 1. The Morgan fingerprint density at radius 3 is 2.54 bits per heavy atom. The number of alkyl halides is 1. The van der Waals surface area contributed by atoms with E-state index in [1.165, 1.54) is 16.2 Å². The lowest BCUT2D eigenvalue weighted by Crippen LogP contribution is -2.39. The molecule has 0 saturated heterocycles. The molecule has 0 atom stereocenters. The molecule has 0 aliphatic carbocycles. The van der Waals surface area contributed by atoms with Gasteiger partial charge in [0.05, 0.1) is 7.11 Å². The molecule has 0 aliphatic heterocycles. The Balaban J connectivity index is 2.04. The van der Waals surface area contributed by atoms with Crippen molar-refractivity contribution in [1.29, 1.82) is 0 Å². The Hall–Kier alpha value is -3.36. The van der Waals surface area contributed by atoms with Crippen molar-refractivity contribution in [2.75, 3.05) is 14.0 Å². The van der Waals surface area contributed by atoms with Crippen molar-refractivity contribution in [1.82, 2.24) is 19.1 Å². The maximum absolute atomic E-state index is 12.5. The number of hydrogen-bond donors (Lipinski definition) is 1. The molecule has 0 spiro atoms. The largest absolute Gasteiger partial charge is 0.493 e. The number of rotatable bonds is 7. The number of fused-ring (bicyclic) bond motifs is 1. The van der Waals surface area contributed by atoms with Gasteiger partial charge in [0, 0.05) is 13.1 Å². The first-order valence-electron chi connectivity index (χ1n) is 8.82. The van der Waals surface area contributed by atoms with Crippen LogP contribution in [0.1, 0.15) is 25.2 Å². The third kappa shape index (κ3) is 3.42. The van der Waals surface area contributed by atoms with Crippen molar-refractivity contribution in [3.63, 3.8) is 0 Å². The Bertz CT molecular complexity index is 1140. The second kappa shape index (κ2) is 8.12. The maximum Gasteiger partial charge on any atom is 0.332 e. The summed E-state index contributed by atoms with van der Waals surface area (Å²) >= 11 is 0. The fourth-order valence-corrected chi connectivity index (χ4v) is 2.97. The van der Waals surface area contributed by atoms with Crippen molar-refractivity contribution in [2.45, 2.75) is 26.9 Å². The molecule has 8 nitrogen and oxygen atoms in total. The highest BCUT2D eigenvalue weighted by Gasteiger charge is 2.15. The van der Waals surface area contributed by atoms with E-state index in [0.717, 1.165) is 5.56 Å². The Labute approximate surface area is 159 Å². The van der Waals surface area contributed by atoms with Crippen LogP contribution in [-0.4, -0.2) is 33.1 Å². The van der Waals surface area contributed by atoms with Crippen molar-refractivity contribution >= 4 is 23.3 Å². The van der Waals surface area contributed by atoms with Gasteiger partial charge in [-0.2, -0.15) is 0 Å². The van der Waals surface area contributed by atoms with Crippen LogP contribution < -0.4 is 20.7 Å². The summed E-state index contributed by atoms with van der Waals surface area (Å²) in [4.78, 5) is 32.3. The summed E-state index contributed by atoms with van der Waals surface area (Å²) in [5, 5.41) is 0. The molecule has 0 unspecified atom stereocenters. The predicted octanol–water partition coefficient (Wildman–Crippen LogP) is 2.41. The normalized spacial score (nSPS) is 11.4. The molecule has 28 heavy (non-hydrogen) atoms. The lowest BCUT2D eigenvalue weighted by Gasteiger charge is -2.08. The van der Waals surface area contributed by atoms with E-state index < -0.39 is 12.4 Å². The highest BCUT2D eigenvalue weighted by molar-refractivity contribution is 5.76. The molecule has 2 heterocycles. The second-order valence-corrected chi connectivity index (χ2v) is 5.89. The summed E-state index contributed by atoms with van der Waals surface area (Å²) in [6.45, 7) is 3.27. The van der Waals surface area contributed by atoms with Crippen LogP contribution in [0.5, 0.6) is 11.5 Å². The summed E-state index contributed by atoms with van der Waals surface area (Å²) in [6, 6.07) is 5.07. The first-order chi connectivity index (χ1) is 13.5. The van der Waals surface area contributed by atoms with E-state index in [4.69, 9.17) is 9.47 Å². The Kier molecular flexibility index (Phi) is 5.62. The number of ether oxygens (including phenoxy) is 2. The molecule has 3 rings (SSSR count). The number of methoxy groups -OCH3 is 1. The summed E-state index contributed by atoms with van der Waals surface area (Å²) in [7, 11) is 1.47. The SMILES string of the molecule is CCn1c(=O)c2[nH]c(C=Cc3ccc(OC)c(OCF)c3)nc2n(CC)c1=O. The van der Waals surface area contributed by atoms with Gasteiger partial charge in [0.15, 0.2) is 17.1 Å². The van der Waals surface area contributed by atoms with Crippen LogP contribution in [0.3, 0.4) is 0 Å². The molecule has 2 aromatic heterocycles. The van der Waals surface area contributed by atoms with Gasteiger partial charge < -0.3 is 14.5 Å². The minimum absolute atomic E-state index is 0.277. The molecule has 1 aromatic carbocycles. The van der Waals surface area contributed by atoms with Crippen LogP contribution >= 0.6 is 0 Å². The van der Waals surface area contributed by atoms with Crippen LogP contribution in [0.4, 0.5) is 4.39 Å². The minimum Gasteiger partial charge on any atom is -0.493 e. The van der Waals surface area contributed by atoms with Crippen molar-refractivity contribution in [3.8, 4) is 11.5 Å². The quantitative estimate of drug-likeness (QED) is 0.671. The van der Waals surface area contributed by atoms with Gasteiger partial charge in [-0.3, -0.25) is 13.9 Å². The summed E-state index contributed by atoms with van der Waals surface area (Å²) < 4.78 is 25.2. The molecule has 0 fully saturated rings. The molecule has 148 valence electrons. The lowest BCUT2D eigenvalue weighted by molar-refractivity contribution is 0.184. The van der Waals surface area contributed by atoms with Gasteiger partial charge in [0.1, 0.15) is 11.3 Å². The maximum atomic E-state index is 12.5. The van der Waals surface area contributed by atoms with E-state index in [9.17, 15) is 14.0 Å². The molecule has 0 radical (unpaired) electrons. The lowest BCUT2D eigenvalue weighted by atomic mass is 10.2. The van der Waals surface area contributed by atoms with Gasteiger partial charge in [-0.25, -0.2) is 14.2 Å². The van der Waals surface area contributed by atoms with Gasteiger partial charge in [-0.15, -0.1) is 0 Å². The smallest absolute Gasteiger partial charge is 0.332 e. The molecule has 0 aliphatic rings. The van der Waals surface area contributed by atoms with Crippen molar-refractivity contribution in [3.05, 3.63) is 50.4 Å². The third-order valence-corrected chi connectivity index (χ3v) is 4.34. The van der Waals surface area contributed by atoms with Crippen molar-refractivity contribution in [2.24, 2.45) is 0 Å². The fourth-order valence-electron chi connectivity index (χ4n) is 2.97. The highest BCUT2D eigenvalue weighted by atomic mass is 19.1. The van der Waals surface area contributed by atoms with E-state index in [1.54, 1.807) is 37.3 Å². The Morgan fingerprint density at radius 2 is 1.89 bits per heavy atom. The zero-order chi connectivity index (χ0) is 20.3. The summed E-state index contributed by atoms with van der Waals surface area (Å²) in [6.07, 6.45) is 3.40. The molecule has 3 aromatic rings. The molecular formula is C19H21FN4O4. The summed E-state index contributed by atoms with van der Waals surface area (Å²) in [5.74, 6) is 1.12. The minimum atomic E-state index is -0.967. The van der Waals surface area contributed by atoms with E-state index in [-0.39, 0.29) is 23.5 Å². The van der Waals surface area contributed by atoms with E-state index in [2.05, 4.69) is 9.97 Å². The average Bonchev–Trinajstić information content (AvgIpc) is 3.12. The van der Waals surface area contributed by atoms with Crippen LogP contribution in [0.25, 0.3) is 23.3 Å². The molecule has 9 heteroatoms.